The van der Waals surface area contributed by atoms with E-state index in [1.807, 2.05) is 25.7 Å². The molecule has 6 heteroatoms. The molecular weight excluding hydrogens is 272 g/mol. The van der Waals surface area contributed by atoms with Crippen molar-refractivity contribution < 1.29 is 19.1 Å². The summed E-state index contributed by atoms with van der Waals surface area (Å²) in [5, 5.41) is 2.94. The minimum absolute atomic E-state index is 0.0591. The van der Waals surface area contributed by atoms with Crippen LogP contribution < -0.4 is 5.32 Å². The molecule has 3 saturated heterocycles. The van der Waals surface area contributed by atoms with Crippen molar-refractivity contribution in [3.8, 4) is 0 Å². The standard InChI is InChI=1S/C15H24N2O4/c1-14(2,3)21-13(19)17-10-6-15(4-5-16-12(15)18)7-11(17)9-20-8-10/h10-11H,4-9H2,1-3H3,(H,16,18)/t10-,11+,15?. The molecule has 1 N–H and O–H groups in total. The molecule has 0 aromatic heterocycles. The molecule has 3 rings (SSSR count). The number of carbonyl (C=O) groups is 2. The lowest BCUT2D eigenvalue weighted by atomic mass is 9.71. The summed E-state index contributed by atoms with van der Waals surface area (Å²) in [6, 6.07) is -0.118. The number of fused-ring (bicyclic) bond motifs is 2. The molecule has 3 fully saturated rings. The van der Waals surface area contributed by atoms with Crippen LogP contribution in [0.3, 0.4) is 0 Å². The summed E-state index contributed by atoms with van der Waals surface area (Å²) in [5.41, 5.74) is -0.816. The van der Waals surface area contributed by atoms with Crippen molar-refractivity contribution >= 4 is 12.0 Å². The Labute approximate surface area is 125 Å². The van der Waals surface area contributed by atoms with Gasteiger partial charge in [0.05, 0.1) is 30.7 Å². The third kappa shape index (κ3) is 2.61. The van der Waals surface area contributed by atoms with E-state index in [4.69, 9.17) is 9.47 Å². The minimum Gasteiger partial charge on any atom is -0.444 e. The van der Waals surface area contributed by atoms with Gasteiger partial charge in [0.15, 0.2) is 0 Å². The number of nitrogens with one attached hydrogen (secondary N) is 1. The van der Waals surface area contributed by atoms with Crippen LogP contribution in [0.1, 0.15) is 40.0 Å². The first-order valence-electron chi connectivity index (χ1n) is 7.68. The maximum Gasteiger partial charge on any atom is 0.410 e. The van der Waals surface area contributed by atoms with Crippen LogP contribution in [-0.2, 0) is 14.3 Å². The predicted molar refractivity (Wildman–Crippen MR) is 75.8 cm³/mol. The molecule has 2 bridgehead atoms. The lowest BCUT2D eigenvalue weighted by Gasteiger charge is -2.51. The number of hydrogen-bond acceptors (Lipinski definition) is 4. The molecule has 0 aromatic rings. The molecule has 3 aliphatic rings. The number of hydrogen-bond donors (Lipinski definition) is 1. The Morgan fingerprint density at radius 1 is 1.33 bits per heavy atom. The fraction of sp³-hybridized carbons (Fsp3) is 0.867. The van der Waals surface area contributed by atoms with E-state index >= 15 is 0 Å². The SMILES string of the molecule is CC(C)(C)OC(=O)N1[C@@H]2COC[C@H]1CC1(CCNC1=O)C2. The molecule has 3 heterocycles. The second-order valence-electron chi connectivity index (χ2n) is 7.43. The van der Waals surface area contributed by atoms with Crippen molar-refractivity contribution in [2.24, 2.45) is 5.41 Å². The lowest BCUT2D eigenvalue weighted by molar-refractivity contribution is -0.142. The second-order valence-corrected chi connectivity index (χ2v) is 7.43. The predicted octanol–water partition coefficient (Wildman–Crippen LogP) is 1.29. The third-order valence-corrected chi connectivity index (χ3v) is 4.64. The molecule has 3 atom stereocenters. The monoisotopic (exact) mass is 296 g/mol. The first kappa shape index (κ1) is 14.6. The van der Waals surface area contributed by atoms with Gasteiger partial charge in [-0.15, -0.1) is 0 Å². The normalized spacial score (nSPS) is 35.8. The quantitative estimate of drug-likeness (QED) is 0.731. The molecule has 0 aliphatic carbocycles. The van der Waals surface area contributed by atoms with Gasteiger partial charge in [-0.1, -0.05) is 0 Å². The molecular formula is C15H24N2O4. The number of morpholine rings is 1. The first-order valence-corrected chi connectivity index (χ1v) is 7.68. The zero-order chi connectivity index (χ0) is 15.3. The highest BCUT2D eigenvalue weighted by molar-refractivity contribution is 5.85. The van der Waals surface area contributed by atoms with E-state index in [1.54, 1.807) is 0 Å². The molecule has 0 saturated carbocycles. The van der Waals surface area contributed by atoms with Gasteiger partial charge >= 0.3 is 6.09 Å². The molecule has 1 spiro atoms. The number of rotatable bonds is 0. The average Bonchev–Trinajstić information content (AvgIpc) is 2.67. The van der Waals surface area contributed by atoms with Crippen molar-refractivity contribution in [3.05, 3.63) is 0 Å². The summed E-state index contributed by atoms with van der Waals surface area (Å²) >= 11 is 0. The number of carbonyl (C=O) groups excluding carboxylic acids is 2. The highest BCUT2D eigenvalue weighted by Crippen LogP contribution is 2.45. The molecule has 6 nitrogen and oxygen atoms in total. The van der Waals surface area contributed by atoms with Crippen LogP contribution >= 0.6 is 0 Å². The zero-order valence-corrected chi connectivity index (χ0v) is 13.0. The van der Waals surface area contributed by atoms with Crippen molar-refractivity contribution in [1.29, 1.82) is 0 Å². The zero-order valence-electron chi connectivity index (χ0n) is 13.0. The van der Waals surface area contributed by atoms with E-state index in [1.165, 1.54) is 0 Å². The number of ether oxygens (including phenoxy) is 2. The van der Waals surface area contributed by atoms with Gasteiger partial charge in [0.2, 0.25) is 5.91 Å². The molecule has 1 unspecified atom stereocenters. The van der Waals surface area contributed by atoms with Gasteiger partial charge in [-0.05, 0) is 40.0 Å². The molecule has 0 aromatic carbocycles. The summed E-state index contributed by atoms with van der Waals surface area (Å²) in [6.45, 7) is 7.33. The fourth-order valence-electron chi connectivity index (χ4n) is 3.82. The Kier molecular flexibility index (Phi) is 3.39. The van der Waals surface area contributed by atoms with Gasteiger partial charge in [-0.25, -0.2) is 4.79 Å². The topological polar surface area (TPSA) is 67.9 Å². The third-order valence-electron chi connectivity index (χ3n) is 4.64. The van der Waals surface area contributed by atoms with Crippen LogP contribution in [0.4, 0.5) is 4.79 Å². The summed E-state index contributed by atoms with van der Waals surface area (Å²) in [7, 11) is 0. The highest BCUT2D eigenvalue weighted by atomic mass is 16.6. The molecule has 0 radical (unpaired) electrons. The average molecular weight is 296 g/mol. The Bertz CT molecular complexity index is 443. The Balaban J connectivity index is 1.79. The molecule has 3 aliphatic heterocycles. The van der Waals surface area contributed by atoms with Crippen LogP contribution in [0, 0.1) is 5.41 Å². The lowest BCUT2D eigenvalue weighted by Crippen LogP contribution is -2.63. The smallest absolute Gasteiger partial charge is 0.410 e. The minimum atomic E-state index is -0.508. The van der Waals surface area contributed by atoms with E-state index < -0.39 is 5.60 Å². The van der Waals surface area contributed by atoms with Gasteiger partial charge < -0.3 is 14.8 Å². The Hall–Kier alpha value is -1.30. The van der Waals surface area contributed by atoms with E-state index in [9.17, 15) is 9.59 Å². The summed E-state index contributed by atoms with van der Waals surface area (Å²) in [6.07, 6.45) is 1.93. The van der Waals surface area contributed by atoms with Gasteiger partial charge in [-0.2, -0.15) is 0 Å². The fourth-order valence-corrected chi connectivity index (χ4v) is 3.82. The van der Waals surface area contributed by atoms with Crippen LogP contribution in [0.25, 0.3) is 0 Å². The number of piperidine rings is 1. The van der Waals surface area contributed by atoms with Crippen LogP contribution in [0.5, 0.6) is 0 Å². The van der Waals surface area contributed by atoms with Gasteiger partial charge in [0.1, 0.15) is 5.60 Å². The van der Waals surface area contributed by atoms with Crippen molar-refractivity contribution in [2.45, 2.75) is 57.7 Å². The van der Waals surface area contributed by atoms with E-state index in [0.29, 0.717) is 26.1 Å². The van der Waals surface area contributed by atoms with Gasteiger partial charge in [0.25, 0.3) is 0 Å². The van der Waals surface area contributed by atoms with E-state index in [2.05, 4.69) is 5.32 Å². The summed E-state index contributed by atoms with van der Waals surface area (Å²) in [4.78, 5) is 26.5. The van der Waals surface area contributed by atoms with Crippen LogP contribution in [0.2, 0.25) is 0 Å². The maximum atomic E-state index is 12.5. The largest absolute Gasteiger partial charge is 0.444 e. The van der Waals surface area contributed by atoms with Gasteiger partial charge in [-0.3, -0.25) is 9.69 Å². The van der Waals surface area contributed by atoms with Crippen LogP contribution in [0.15, 0.2) is 0 Å². The molecule has 118 valence electrons. The van der Waals surface area contributed by atoms with E-state index in [-0.39, 0.29) is 29.5 Å². The molecule has 21 heavy (non-hydrogen) atoms. The maximum absolute atomic E-state index is 12.5. The summed E-state index contributed by atoms with van der Waals surface area (Å²) in [5.74, 6) is 0.142. The van der Waals surface area contributed by atoms with E-state index in [0.717, 1.165) is 13.0 Å². The second kappa shape index (κ2) is 4.87. The first-order chi connectivity index (χ1) is 9.81. The summed E-state index contributed by atoms with van der Waals surface area (Å²) < 4.78 is 11.1. The van der Waals surface area contributed by atoms with Crippen molar-refractivity contribution in [2.75, 3.05) is 19.8 Å². The number of nitrogens with zero attached hydrogens (tertiary/aromatic N) is 1. The molecule has 2 amide bonds. The Morgan fingerprint density at radius 2 is 1.95 bits per heavy atom. The van der Waals surface area contributed by atoms with Gasteiger partial charge in [0, 0.05) is 6.54 Å². The van der Waals surface area contributed by atoms with Crippen molar-refractivity contribution in [3.63, 3.8) is 0 Å². The number of amides is 2. The van der Waals surface area contributed by atoms with Crippen molar-refractivity contribution in [1.82, 2.24) is 10.2 Å². The Morgan fingerprint density at radius 3 is 2.43 bits per heavy atom. The highest BCUT2D eigenvalue weighted by Gasteiger charge is 2.54. The van der Waals surface area contributed by atoms with Crippen LogP contribution in [-0.4, -0.2) is 54.3 Å².